The molecule has 5 heteroatoms. The van der Waals surface area contributed by atoms with Gasteiger partial charge in [-0.05, 0) is 49.6 Å². The Morgan fingerprint density at radius 2 is 2.04 bits per heavy atom. The first-order valence-corrected chi connectivity index (χ1v) is 8.20. The van der Waals surface area contributed by atoms with Gasteiger partial charge in [0.2, 0.25) is 0 Å². The van der Waals surface area contributed by atoms with Crippen LogP contribution in [-0.2, 0) is 0 Å². The predicted octanol–water partition coefficient (Wildman–Crippen LogP) is 4.40. The average Bonchev–Trinajstić information content (AvgIpc) is 2.54. The van der Waals surface area contributed by atoms with Gasteiger partial charge < -0.3 is 19.4 Å². The van der Waals surface area contributed by atoms with E-state index in [4.69, 9.17) is 9.15 Å². The van der Waals surface area contributed by atoms with E-state index < -0.39 is 0 Å². The summed E-state index contributed by atoms with van der Waals surface area (Å²) in [5, 5.41) is 4.76. The van der Waals surface area contributed by atoms with Gasteiger partial charge >= 0.3 is 5.63 Å². The Bertz CT molecular complexity index is 791. The van der Waals surface area contributed by atoms with Crippen LogP contribution >= 0.6 is 0 Å². The van der Waals surface area contributed by atoms with Crippen LogP contribution in [0.15, 0.2) is 39.2 Å². The number of hydrogen-bond donors (Lipinski definition) is 1. The Balaban J connectivity index is 0.00000312. The molecular weight excluding hydrogens is 316 g/mol. The molecule has 1 aromatic heterocycles. The van der Waals surface area contributed by atoms with Crippen LogP contribution in [0.25, 0.3) is 10.8 Å². The van der Waals surface area contributed by atoms with Crippen LogP contribution in [0.2, 0.25) is 0 Å². The van der Waals surface area contributed by atoms with E-state index in [2.05, 4.69) is 18.4 Å². The van der Waals surface area contributed by atoms with Crippen molar-refractivity contribution >= 4 is 16.5 Å². The SMILES string of the molecule is C.CCCOc1oc(=O)c2cc(NC/C(C)=C/N(C)C)ccc2c1C. The van der Waals surface area contributed by atoms with Gasteiger partial charge in [-0.15, -0.1) is 0 Å². The Labute approximate surface area is 150 Å². The predicted molar refractivity (Wildman–Crippen MR) is 106 cm³/mol. The van der Waals surface area contributed by atoms with Gasteiger partial charge in [-0.3, -0.25) is 0 Å². The number of nitrogens with one attached hydrogen (secondary N) is 1. The Kier molecular flexibility index (Phi) is 7.55. The van der Waals surface area contributed by atoms with E-state index in [1.54, 1.807) is 0 Å². The third-order valence-electron chi connectivity index (χ3n) is 3.62. The zero-order valence-corrected chi connectivity index (χ0v) is 15.1. The van der Waals surface area contributed by atoms with E-state index in [1.807, 2.05) is 51.0 Å². The van der Waals surface area contributed by atoms with Gasteiger partial charge in [0.15, 0.2) is 0 Å². The molecule has 0 saturated heterocycles. The summed E-state index contributed by atoms with van der Waals surface area (Å²) in [5.74, 6) is 0.319. The molecule has 2 rings (SSSR count). The van der Waals surface area contributed by atoms with Crippen LogP contribution in [0.1, 0.15) is 33.3 Å². The second-order valence-corrected chi connectivity index (χ2v) is 6.20. The lowest BCUT2D eigenvalue weighted by Gasteiger charge is -2.12. The van der Waals surface area contributed by atoms with Crippen molar-refractivity contribution in [2.24, 2.45) is 0 Å². The van der Waals surface area contributed by atoms with E-state index in [-0.39, 0.29) is 13.1 Å². The van der Waals surface area contributed by atoms with Crippen LogP contribution in [-0.4, -0.2) is 32.1 Å². The summed E-state index contributed by atoms with van der Waals surface area (Å²) >= 11 is 0. The molecule has 0 fully saturated rings. The van der Waals surface area contributed by atoms with Crippen LogP contribution in [0, 0.1) is 6.92 Å². The molecule has 0 unspecified atom stereocenters. The van der Waals surface area contributed by atoms with Crippen molar-refractivity contribution in [2.45, 2.75) is 34.6 Å². The highest BCUT2D eigenvalue weighted by Gasteiger charge is 2.12. The molecule has 0 atom stereocenters. The van der Waals surface area contributed by atoms with Crippen molar-refractivity contribution in [3.05, 3.63) is 46.0 Å². The fourth-order valence-corrected chi connectivity index (χ4v) is 2.54. The molecule has 1 N–H and O–H groups in total. The highest BCUT2D eigenvalue weighted by molar-refractivity contribution is 5.88. The first-order chi connectivity index (χ1) is 11.4. The van der Waals surface area contributed by atoms with E-state index in [1.165, 1.54) is 5.57 Å². The van der Waals surface area contributed by atoms with Gasteiger partial charge in [-0.1, -0.05) is 20.4 Å². The third-order valence-corrected chi connectivity index (χ3v) is 3.62. The van der Waals surface area contributed by atoms with Crippen molar-refractivity contribution in [1.29, 1.82) is 0 Å². The number of hydrogen-bond acceptors (Lipinski definition) is 5. The summed E-state index contributed by atoms with van der Waals surface area (Å²) in [6.07, 6.45) is 2.92. The Morgan fingerprint density at radius 1 is 1.32 bits per heavy atom. The fraction of sp³-hybridized carbons (Fsp3) is 0.450. The smallest absolute Gasteiger partial charge is 0.346 e. The summed E-state index contributed by atoms with van der Waals surface area (Å²) in [5.41, 5.74) is 2.58. The minimum Gasteiger partial charge on any atom is -0.465 e. The number of ether oxygens (including phenoxy) is 1. The molecule has 25 heavy (non-hydrogen) atoms. The maximum atomic E-state index is 12.3. The number of fused-ring (bicyclic) bond motifs is 1. The Hall–Kier alpha value is -2.43. The Morgan fingerprint density at radius 3 is 2.68 bits per heavy atom. The molecule has 0 spiro atoms. The van der Waals surface area contributed by atoms with E-state index in [0.29, 0.717) is 24.5 Å². The molecule has 0 radical (unpaired) electrons. The number of aryl methyl sites for hydroxylation is 1. The normalized spacial score (nSPS) is 11.2. The van der Waals surface area contributed by atoms with Gasteiger partial charge in [0.25, 0.3) is 5.95 Å². The van der Waals surface area contributed by atoms with Gasteiger partial charge in [-0.25, -0.2) is 4.79 Å². The minimum absolute atomic E-state index is 0. The molecule has 1 heterocycles. The molecule has 0 aliphatic carbocycles. The quantitative estimate of drug-likeness (QED) is 0.805. The largest absolute Gasteiger partial charge is 0.465 e. The van der Waals surface area contributed by atoms with Gasteiger partial charge in [0.05, 0.1) is 12.0 Å². The summed E-state index contributed by atoms with van der Waals surface area (Å²) in [7, 11) is 3.98. The third kappa shape index (κ3) is 5.28. The van der Waals surface area contributed by atoms with Gasteiger partial charge in [0.1, 0.15) is 0 Å². The van der Waals surface area contributed by atoms with Gasteiger partial charge in [-0.2, -0.15) is 0 Å². The summed E-state index contributed by atoms with van der Waals surface area (Å²) in [4.78, 5) is 14.3. The fourth-order valence-electron chi connectivity index (χ4n) is 2.54. The number of nitrogens with zero attached hydrogens (tertiary/aromatic N) is 1. The topological polar surface area (TPSA) is 54.7 Å². The first-order valence-electron chi connectivity index (χ1n) is 8.20. The van der Waals surface area contributed by atoms with Crippen LogP contribution in [0.3, 0.4) is 0 Å². The van der Waals surface area contributed by atoms with E-state index in [9.17, 15) is 4.79 Å². The molecular formula is C20H30N2O3. The maximum Gasteiger partial charge on any atom is 0.346 e. The lowest BCUT2D eigenvalue weighted by Crippen LogP contribution is -2.09. The molecule has 0 amide bonds. The summed E-state index contributed by atoms with van der Waals surface area (Å²) in [6, 6.07) is 5.75. The highest BCUT2D eigenvalue weighted by Crippen LogP contribution is 2.26. The number of anilines is 1. The lowest BCUT2D eigenvalue weighted by atomic mass is 10.1. The van der Waals surface area contributed by atoms with Crippen molar-refractivity contribution in [2.75, 3.05) is 32.6 Å². The highest BCUT2D eigenvalue weighted by atomic mass is 16.6. The lowest BCUT2D eigenvalue weighted by molar-refractivity contribution is 0.230. The first kappa shape index (κ1) is 20.6. The van der Waals surface area contributed by atoms with Crippen molar-refractivity contribution < 1.29 is 9.15 Å². The van der Waals surface area contributed by atoms with Crippen LogP contribution < -0.4 is 15.7 Å². The minimum atomic E-state index is -0.370. The molecule has 2 aromatic rings. The van der Waals surface area contributed by atoms with Crippen molar-refractivity contribution in [3.63, 3.8) is 0 Å². The summed E-state index contributed by atoms with van der Waals surface area (Å²) < 4.78 is 10.9. The summed E-state index contributed by atoms with van der Waals surface area (Å²) in [6.45, 7) is 7.23. The molecule has 1 aromatic carbocycles. The number of benzene rings is 1. The van der Waals surface area contributed by atoms with Crippen LogP contribution in [0.4, 0.5) is 5.69 Å². The average molecular weight is 346 g/mol. The van der Waals surface area contributed by atoms with E-state index >= 15 is 0 Å². The molecule has 5 nitrogen and oxygen atoms in total. The van der Waals surface area contributed by atoms with Crippen molar-refractivity contribution in [1.82, 2.24) is 4.90 Å². The zero-order chi connectivity index (χ0) is 17.7. The van der Waals surface area contributed by atoms with Gasteiger partial charge in [0, 0.05) is 31.9 Å². The molecule has 0 bridgehead atoms. The van der Waals surface area contributed by atoms with Crippen molar-refractivity contribution in [3.8, 4) is 5.95 Å². The number of rotatable bonds is 7. The standard InChI is InChI=1S/C19H26N2O3.CH4/c1-6-9-23-19-14(3)16-8-7-15(10-17(16)18(22)24-19)20-11-13(2)12-21(4)5;/h7-8,10,12,20H,6,9,11H2,1-5H3;1H4/b13-12+;. The van der Waals surface area contributed by atoms with Crippen LogP contribution in [0.5, 0.6) is 5.95 Å². The second kappa shape index (κ2) is 9.16. The molecule has 0 aliphatic heterocycles. The maximum absolute atomic E-state index is 12.3. The molecule has 138 valence electrons. The molecule has 0 saturated carbocycles. The zero-order valence-electron chi connectivity index (χ0n) is 15.1. The molecule has 0 aliphatic rings. The second-order valence-electron chi connectivity index (χ2n) is 6.20. The van der Waals surface area contributed by atoms with E-state index in [0.717, 1.165) is 23.1 Å². The monoisotopic (exact) mass is 346 g/mol.